The number of anilines is 1. The van der Waals surface area contributed by atoms with E-state index in [2.05, 4.69) is 10.3 Å². The van der Waals surface area contributed by atoms with Crippen LogP contribution in [0.1, 0.15) is 17.3 Å². The van der Waals surface area contributed by atoms with Crippen LogP contribution in [-0.4, -0.2) is 28.8 Å². The zero-order valence-corrected chi connectivity index (χ0v) is 17.4. The van der Waals surface area contributed by atoms with Gasteiger partial charge in [-0.3, -0.25) is 15.1 Å². The highest BCUT2D eigenvalue weighted by molar-refractivity contribution is 5.94. The third-order valence-electron chi connectivity index (χ3n) is 4.61. The van der Waals surface area contributed by atoms with E-state index >= 15 is 0 Å². The molecule has 9 heteroatoms. The molecule has 0 aliphatic carbocycles. The average molecular weight is 446 g/mol. The summed E-state index contributed by atoms with van der Waals surface area (Å²) >= 11 is 0. The smallest absolute Gasteiger partial charge is 0.411 e. The van der Waals surface area contributed by atoms with Crippen molar-refractivity contribution in [2.24, 2.45) is 0 Å². The Morgan fingerprint density at radius 2 is 1.97 bits per heavy atom. The molecule has 33 heavy (non-hydrogen) atoms. The van der Waals surface area contributed by atoms with Crippen molar-refractivity contribution in [2.75, 3.05) is 11.9 Å². The minimum Gasteiger partial charge on any atom is -0.504 e. The Hall–Kier alpha value is -4.66. The summed E-state index contributed by atoms with van der Waals surface area (Å²) in [5.41, 5.74) is 0.359. The average Bonchev–Trinajstić information content (AvgIpc) is 2.80. The first-order valence-corrected chi connectivity index (χ1v) is 9.92. The molecule has 0 radical (unpaired) electrons. The fourth-order valence-electron chi connectivity index (χ4n) is 3.13. The maximum atomic E-state index is 12.6. The van der Waals surface area contributed by atoms with Gasteiger partial charge in [-0.1, -0.05) is 6.07 Å². The molecular weight excluding hydrogens is 428 g/mol. The number of hydrogen-bond donors (Lipinski definition) is 2. The number of hydrogen-bond acceptors (Lipinski definition) is 8. The molecule has 0 spiro atoms. The maximum Gasteiger partial charge on any atom is 0.411 e. The van der Waals surface area contributed by atoms with Crippen molar-refractivity contribution in [3.63, 3.8) is 0 Å². The molecule has 0 aliphatic heterocycles. The lowest BCUT2D eigenvalue weighted by atomic mass is 10.1. The number of amides is 1. The van der Waals surface area contributed by atoms with E-state index in [0.717, 1.165) is 0 Å². The van der Waals surface area contributed by atoms with Gasteiger partial charge in [-0.15, -0.1) is 0 Å². The zero-order valence-electron chi connectivity index (χ0n) is 17.4. The van der Waals surface area contributed by atoms with E-state index < -0.39 is 12.1 Å². The summed E-state index contributed by atoms with van der Waals surface area (Å²) in [6.45, 7) is 1.79. The standard InChI is InChI=1S/C24H18N2O7/c1-2-31-24(30)26-18-11-15(32-23(29)14-5-4-10-25-13-14)8-9-16(18)21-12-20(28)17-6-3-7-19(27)22(17)33-21/h3-13,27H,2H2,1H3,(H,26,30). The first-order chi connectivity index (χ1) is 16.0. The van der Waals surface area contributed by atoms with Crippen molar-refractivity contribution in [2.45, 2.75) is 6.92 Å². The van der Waals surface area contributed by atoms with Gasteiger partial charge in [0.25, 0.3) is 0 Å². The predicted octanol–water partition coefficient (Wildman–Crippen LogP) is 4.35. The van der Waals surface area contributed by atoms with Gasteiger partial charge in [0.1, 0.15) is 11.5 Å². The Morgan fingerprint density at radius 3 is 2.73 bits per heavy atom. The van der Waals surface area contributed by atoms with Gasteiger partial charge in [-0.25, -0.2) is 9.59 Å². The molecule has 2 aromatic carbocycles. The molecule has 0 bridgehead atoms. The van der Waals surface area contributed by atoms with Gasteiger partial charge in [0.05, 0.1) is 23.2 Å². The Kier molecular flexibility index (Phi) is 6.03. The number of carbonyl (C=O) groups is 2. The van der Waals surface area contributed by atoms with Crippen LogP contribution in [0, 0.1) is 0 Å². The van der Waals surface area contributed by atoms with Crippen LogP contribution in [0.5, 0.6) is 11.5 Å². The Labute approximate surface area is 187 Å². The number of benzene rings is 2. The molecule has 166 valence electrons. The summed E-state index contributed by atoms with van der Waals surface area (Å²) in [6.07, 6.45) is 2.15. The van der Waals surface area contributed by atoms with Crippen molar-refractivity contribution < 1.29 is 28.6 Å². The van der Waals surface area contributed by atoms with Crippen molar-refractivity contribution in [1.29, 1.82) is 0 Å². The second kappa shape index (κ2) is 9.23. The minimum absolute atomic E-state index is 0.00849. The van der Waals surface area contributed by atoms with Crippen LogP contribution in [0.4, 0.5) is 10.5 Å². The second-order valence-electron chi connectivity index (χ2n) is 6.81. The summed E-state index contributed by atoms with van der Waals surface area (Å²) in [7, 11) is 0. The van der Waals surface area contributed by atoms with Crippen molar-refractivity contribution in [3.05, 3.63) is 82.8 Å². The quantitative estimate of drug-likeness (QED) is 0.342. The van der Waals surface area contributed by atoms with Crippen molar-refractivity contribution in [1.82, 2.24) is 4.98 Å². The third kappa shape index (κ3) is 4.67. The number of aromatic nitrogens is 1. The highest BCUT2D eigenvalue weighted by Crippen LogP contribution is 2.34. The van der Waals surface area contributed by atoms with Gasteiger partial charge in [-0.2, -0.15) is 0 Å². The van der Waals surface area contributed by atoms with Gasteiger partial charge in [0, 0.05) is 30.1 Å². The van der Waals surface area contributed by atoms with Gasteiger partial charge in [0.2, 0.25) is 0 Å². The summed E-state index contributed by atoms with van der Waals surface area (Å²) < 4.78 is 16.1. The highest BCUT2D eigenvalue weighted by Gasteiger charge is 2.17. The topological polar surface area (TPSA) is 128 Å². The summed E-state index contributed by atoms with van der Waals surface area (Å²) in [5.74, 6) is -0.621. The number of para-hydroxylation sites is 1. The zero-order chi connectivity index (χ0) is 23.4. The third-order valence-corrected chi connectivity index (χ3v) is 4.61. The summed E-state index contributed by atoms with van der Waals surface area (Å²) in [5, 5.41) is 12.9. The first-order valence-electron chi connectivity index (χ1n) is 9.92. The summed E-state index contributed by atoms with van der Waals surface area (Å²) in [4.78, 5) is 40.9. The van der Waals surface area contributed by atoms with Gasteiger partial charge in [0.15, 0.2) is 16.8 Å². The van der Waals surface area contributed by atoms with E-state index in [-0.39, 0.29) is 51.5 Å². The molecule has 2 N–H and O–H groups in total. The maximum absolute atomic E-state index is 12.6. The number of nitrogens with zero attached hydrogens (tertiary/aromatic N) is 1. The molecule has 0 saturated heterocycles. The van der Waals surface area contributed by atoms with E-state index in [4.69, 9.17) is 13.9 Å². The van der Waals surface area contributed by atoms with E-state index in [1.807, 2.05) is 0 Å². The number of phenols is 1. The number of carbonyl (C=O) groups excluding carboxylic acids is 2. The van der Waals surface area contributed by atoms with Crippen molar-refractivity contribution >= 4 is 28.7 Å². The molecular formula is C24H18N2O7. The molecule has 0 fully saturated rings. The van der Waals surface area contributed by atoms with E-state index in [1.165, 1.54) is 54.9 Å². The van der Waals surface area contributed by atoms with Crippen LogP contribution >= 0.6 is 0 Å². The predicted molar refractivity (Wildman–Crippen MR) is 119 cm³/mol. The number of phenolic OH excluding ortho intramolecular Hbond substituents is 1. The number of pyridine rings is 1. The van der Waals surface area contributed by atoms with Gasteiger partial charge in [-0.05, 0) is 43.3 Å². The summed E-state index contributed by atoms with van der Waals surface area (Å²) in [6, 6.07) is 13.3. The largest absolute Gasteiger partial charge is 0.504 e. The fourth-order valence-corrected chi connectivity index (χ4v) is 3.13. The number of aromatic hydroxyl groups is 1. The Morgan fingerprint density at radius 1 is 1.12 bits per heavy atom. The highest BCUT2D eigenvalue weighted by atomic mass is 16.5. The van der Waals surface area contributed by atoms with Crippen LogP contribution < -0.4 is 15.5 Å². The molecule has 9 nitrogen and oxygen atoms in total. The lowest BCUT2D eigenvalue weighted by Crippen LogP contribution is -2.15. The monoisotopic (exact) mass is 446 g/mol. The molecule has 1 amide bonds. The van der Waals surface area contributed by atoms with Crippen LogP contribution in [0.15, 0.2) is 76.2 Å². The molecule has 0 aliphatic rings. The molecule has 4 aromatic rings. The molecule has 0 unspecified atom stereocenters. The van der Waals surface area contributed by atoms with E-state index in [1.54, 1.807) is 19.1 Å². The van der Waals surface area contributed by atoms with E-state index in [9.17, 15) is 19.5 Å². The lowest BCUT2D eigenvalue weighted by molar-refractivity contribution is 0.0734. The van der Waals surface area contributed by atoms with Gasteiger partial charge < -0.3 is 19.0 Å². The number of nitrogens with one attached hydrogen (secondary N) is 1. The van der Waals surface area contributed by atoms with Crippen LogP contribution in [0.2, 0.25) is 0 Å². The number of fused-ring (bicyclic) bond motifs is 1. The SMILES string of the molecule is CCOC(=O)Nc1cc(OC(=O)c2cccnc2)ccc1-c1cc(=O)c2cccc(O)c2o1. The first kappa shape index (κ1) is 21.6. The van der Waals surface area contributed by atoms with Crippen LogP contribution in [-0.2, 0) is 4.74 Å². The molecule has 0 saturated carbocycles. The Balaban J connectivity index is 1.77. The Bertz CT molecular complexity index is 1400. The fraction of sp³-hybridized carbons (Fsp3) is 0.0833. The number of esters is 1. The van der Waals surface area contributed by atoms with Crippen LogP contribution in [0.25, 0.3) is 22.3 Å². The van der Waals surface area contributed by atoms with Gasteiger partial charge >= 0.3 is 12.1 Å². The normalized spacial score (nSPS) is 10.6. The number of ether oxygens (including phenoxy) is 2. The van der Waals surface area contributed by atoms with E-state index in [0.29, 0.717) is 5.56 Å². The molecule has 2 aromatic heterocycles. The molecule has 0 atom stereocenters. The molecule has 2 heterocycles. The van der Waals surface area contributed by atoms with Crippen LogP contribution in [0.3, 0.4) is 0 Å². The number of rotatable bonds is 5. The van der Waals surface area contributed by atoms with Crippen molar-refractivity contribution in [3.8, 4) is 22.8 Å². The second-order valence-corrected chi connectivity index (χ2v) is 6.81. The minimum atomic E-state index is -0.750. The lowest BCUT2D eigenvalue weighted by Gasteiger charge is -2.13. The molecule has 4 rings (SSSR count).